The van der Waals surface area contributed by atoms with E-state index in [-0.39, 0.29) is 0 Å². The molecule has 1 nitrogen and oxygen atoms in total. The van der Waals surface area contributed by atoms with Gasteiger partial charge in [0.1, 0.15) is 0 Å². The van der Waals surface area contributed by atoms with Crippen LogP contribution in [-0.2, 0) is 0 Å². The van der Waals surface area contributed by atoms with Crippen LogP contribution >= 0.6 is 11.6 Å². The summed E-state index contributed by atoms with van der Waals surface area (Å²) in [5.74, 6) is 0. The minimum Gasteiger partial charge on any atom is -0.261 e. The van der Waals surface area contributed by atoms with Gasteiger partial charge in [-0.05, 0) is 37.5 Å². The molecule has 0 bridgehead atoms. The Kier molecular flexibility index (Phi) is 5.87. The maximum Gasteiger partial charge on any atom is 0.0475 e. The molecular weight excluding hydrogens is 218 g/mol. The largest absolute Gasteiger partial charge is 0.261 e. The zero-order valence-electron chi connectivity index (χ0n) is 9.91. The summed E-state index contributed by atoms with van der Waals surface area (Å²) in [5, 5.41) is 0.768. The molecule has 1 aromatic carbocycles. The smallest absolute Gasteiger partial charge is 0.0475 e. The summed E-state index contributed by atoms with van der Waals surface area (Å²) >= 11 is 5.87. The van der Waals surface area contributed by atoms with E-state index in [9.17, 15) is 0 Å². The second-order valence-corrected chi connectivity index (χ2v) is 4.11. The molecule has 1 rings (SSSR count). The van der Waals surface area contributed by atoms with Gasteiger partial charge in [0.15, 0.2) is 0 Å². The van der Waals surface area contributed by atoms with Gasteiger partial charge in [0, 0.05) is 16.9 Å². The molecule has 0 amide bonds. The number of nitrogens with zero attached hydrogens (tertiary/aromatic N) is 1. The number of hydrogen-bond acceptors (Lipinski definition) is 1. The fourth-order valence-corrected chi connectivity index (χ4v) is 1.56. The standard InChI is InChI=1S/C14H18ClN/c1-3-5-6-14(16-11-4-2)12-7-9-13(15)10-8-12/h4,7-11H,3,5-6H2,1-2H3/b11-4-,16-14?. The number of aliphatic imine (C=N–C) groups is 1. The van der Waals surface area contributed by atoms with Crippen molar-refractivity contribution >= 4 is 17.3 Å². The summed E-state index contributed by atoms with van der Waals surface area (Å²) in [7, 11) is 0. The highest BCUT2D eigenvalue weighted by Gasteiger charge is 2.02. The van der Waals surface area contributed by atoms with Gasteiger partial charge in [-0.1, -0.05) is 43.2 Å². The third kappa shape index (κ3) is 4.19. The highest BCUT2D eigenvalue weighted by Crippen LogP contribution is 2.13. The summed E-state index contributed by atoms with van der Waals surface area (Å²) in [4.78, 5) is 4.47. The molecule has 2 heteroatoms. The van der Waals surface area contributed by atoms with Gasteiger partial charge in [-0.25, -0.2) is 0 Å². The van der Waals surface area contributed by atoms with Crippen molar-refractivity contribution in [1.29, 1.82) is 0 Å². The highest BCUT2D eigenvalue weighted by molar-refractivity contribution is 6.30. The van der Waals surface area contributed by atoms with Crippen molar-refractivity contribution in [3.8, 4) is 0 Å². The van der Waals surface area contributed by atoms with Gasteiger partial charge in [-0.15, -0.1) is 0 Å². The van der Waals surface area contributed by atoms with Gasteiger partial charge >= 0.3 is 0 Å². The second-order valence-electron chi connectivity index (χ2n) is 3.67. The van der Waals surface area contributed by atoms with E-state index in [2.05, 4.69) is 11.9 Å². The van der Waals surface area contributed by atoms with Gasteiger partial charge in [-0.2, -0.15) is 0 Å². The lowest BCUT2D eigenvalue weighted by atomic mass is 10.0. The van der Waals surface area contributed by atoms with Gasteiger partial charge in [0.05, 0.1) is 0 Å². The summed E-state index contributed by atoms with van der Waals surface area (Å²) in [6.07, 6.45) is 7.16. The first kappa shape index (κ1) is 13.0. The lowest BCUT2D eigenvalue weighted by Gasteiger charge is -2.05. The van der Waals surface area contributed by atoms with Crippen molar-refractivity contribution in [3.05, 3.63) is 47.1 Å². The lowest BCUT2D eigenvalue weighted by Crippen LogP contribution is -2.00. The Bertz CT molecular complexity index is 363. The SMILES string of the molecule is C/C=C\N=C(CCCC)c1ccc(Cl)cc1. The van der Waals surface area contributed by atoms with Crippen LogP contribution in [0.2, 0.25) is 5.02 Å². The van der Waals surface area contributed by atoms with Gasteiger partial charge in [0.25, 0.3) is 0 Å². The summed E-state index contributed by atoms with van der Waals surface area (Å²) in [6.45, 7) is 4.16. The van der Waals surface area contributed by atoms with Crippen LogP contribution in [0.15, 0.2) is 41.5 Å². The maximum absolute atomic E-state index is 5.87. The Labute approximate surface area is 103 Å². The Hall–Kier alpha value is -1.08. The first-order chi connectivity index (χ1) is 7.77. The van der Waals surface area contributed by atoms with Crippen LogP contribution in [0.5, 0.6) is 0 Å². The van der Waals surface area contributed by atoms with Crippen LogP contribution in [0.1, 0.15) is 38.7 Å². The molecule has 0 aliphatic carbocycles. The van der Waals surface area contributed by atoms with Crippen molar-refractivity contribution in [3.63, 3.8) is 0 Å². The number of hydrogen-bond donors (Lipinski definition) is 0. The van der Waals surface area contributed by atoms with E-state index in [0.29, 0.717) is 0 Å². The van der Waals surface area contributed by atoms with Gasteiger partial charge in [0.2, 0.25) is 0 Å². The minimum absolute atomic E-state index is 0.768. The maximum atomic E-state index is 5.87. The summed E-state index contributed by atoms with van der Waals surface area (Å²) < 4.78 is 0. The third-order valence-corrected chi connectivity index (χ3v) is 2.58. The lowest BCUT2D eigenvalue weighted by molar-refractivity contribution is 0.835. The van der Waals surface area contributed by atoms with Crippen LogP contribution in [-0.4, -0.2) is 5.71 Å². The predicted molar refractivity (Wildman–Crippen MR) is 72.3 cm³/mol. The van der Waals surface area contributed by atoms with E-state index in [0.717, 1.165) is 22.7 Å². The number of benzene rings is 1. The Morgan fingerprint density at radius 2 is 2.00 bits per heavy atom. The van der Waals surface area contributed by atoms with Crippen LogP contribution in [0.3, 0.4) is 0 Å². The average Bonchev–Trinajstić information content (AvgIpc) is 2.31. The molecule has 0 heterocycles. The fraction of sp³-hybridized carbons (Fsp3) is 0.357. The molecule has 16 heavy (non-hydrogen) atoms. The van der Waals surface area contributed by atoms with Crippen molar-refractivity contribution in [1.82, 2.24) is 0 Å². The molecule has 0 fully saturated rings. The number of allylic oxidation sites excluding steroid dienone is 1. The summed E-state index contributed by atoms with van der Waals surface area (Å²) in [6, 6.07) is 7.88. The molecule has 0 saturated heterocycles. The third-order valence-electron chi connectivity index (χ3n) is 2.32. The van der Waals surface area contributed by atoms with E-state index in [1.807, 2.05) is 43.5 Å². The fourth-order valence-electron chi connectivity index (χ4n) is 1.43. The highest BCUT2D eigenvalue weighted by atomic mass is 35.5. The normalized spacial score (nSPS) is 12.3. The molecule has 0 atom stereocenters. The number of halogens is 1. The predicted octanol–water partition coefficient (Wildman–Crippen LogP) is 4.85. The Morgan fingerprint density at radius 1 is 1.31 bits per heavy atom. The van der Waals surface area contributed by atoms with Crippen molar-refractivity contribution in [2.24, 2.45) is 4.99 Å². The monoisotopic (exact) mass is 235 g/mol. The van der Waals surface area contributed by atoms with E-state index in [1.54, 1.807) is 0 Å². The number of rotatable bonds is 5. The van der Waals surface area contributed by atoms with Crippen LogP contribution in [0.4, 0.5) is 0 Å². The zero-order valence-corrected chi connectivity index (χ0v) is 10.7. The molecule has 1 aromatic rings. The van der Waals surface area contributed by atoms with Crippen molar-refractivity contribution in [2.45, 2.75) is 33.1 Å². The second kappa shape index (κ2) is 7.24. The van der Waals surface area contributed by atoms with E-state index in [1.165, 1.54) is 12.8 Å². The molecule has 0 unspecified atom stereocenters. The average molecular weight is 236 g/mol. The molecule has 0 aliphatic rings. The minimum atomic E-state index is 0.768. The molecule has 0 saturated carbocycles. The topological polar surface area (TPSA) is 12.4 Å². The molecule has 0 aromatic heterocycles. The Morgan fingerprint density at radius 3 is 2.56 bits per heavy atom. The van der Waals surface area contributed by atoms with E-state index >= 15 is 0 Å². The number of unbranched alkanes of at least 4 members (excludes halogenated alkanes) is 1. The van der Waals surface area contributed by atoms with Gasteiger partial charge in [-0.3, -0.25) is 4.99 Å². The van der Waals surface area contributed by atoms with Crippen LogP contribution in [0, 0.1) is 0 Å². The first-order valence-corrected chi connectivity index (χ1v) is 6.09. The molecule has 0 radical (unpaired) electrons. The Balaban J connectivity index is 2.87. The molecular formula is C14H18ClN. The molecule has 0 N–H and O–H groups in total. The van der Waals surface area contributed by atoms with E-state index in [4.69, 9.17) is 11.6 Å². The molecule has 0 spiro atoms. The first-order valence-electron chi connectivity index (χ1n) is 5.71. The molecule has 0 aliphatic heterocycles. The quantitative estimate of drug-likeness (QED) is 0.647. The van der Waals surface area contributed by atoms with Gasteiger partial charge < -0.3 is 0 Å². The molecule has 86 valence electrons. The van der Waals surface area contributed by atoms with Crippen molar-refractivity contribution < 1.29 is 0 Å². The zero-order chi connectivity index (χ0) is 11.8. The van der Waals surface area contributed by atoms with Crippen molar-refractivity contribution in [2.75, 3.05) is 0 Å². The summed E-state index contributed by atoms with van der Waals surface area (Å²) in [5.41, 5.74) is 2.30. The van der Waals surface area contributed by atoms with Crippen LogP contribution < -0.4 is 0 Å². The van der Waals surface area contributed by atoms with Crippen LogP contribution in [0.25, 0.3) is 0 Å². The van der Waals surface area contributed by atoms with E-state index < -0.39 is 0 Å².